The van der Waals surface area contributed by atoms with Crippen molar-refractivity contribution in [2.24, 2.45) is 5.73 Å². The number of halogens is 2. The molecule has 1 fully saturated rings. The van der Waals surface area contributed by atoms with Crippen molar-refractivity contribution < 1.29 is 4.39 Å². The Morgan fingerprint density at radius 1 is 1.29 bits per heavy atom. The van der Waals surface area contributed by atoms with Crippen molar-refractivity contribution >= 4 is 15.9 Å². The third kappa shape index (κ3) is 2.41. The second-order valence-electron chi connectivity index (χ2n) is 5.15. The summed E-state index contributed by atoms with van der Waals surface area (Å²) in [5, 5.41) is 0. The lowest BCUT2D eigenvalue weighted by molar-refractivity contribution is 0.291. The summed E-state index contributed by atoms with van der Waals surface area (Å²) in [6.07, 6.45) is 5.58. The zero-order chi connectivity index (χ0) is 12.5. The monoisotopic (exact) mass is 299 g/mol. The van der Waals surface area contributed by atoms with Crippen LogP contribution in [0.15, 0.2) is 16.6 Å². The van der Waals surface area contributed by atoms with Crippen LogP contribution in [0.1, 0.15) is 43.2 Å². The van der Waals surface area contributed by atoms with Crippen molar-refractivity contribution in [3.8, 4) is 0 Å². The highest BCUT2D eigenvalue weighted by Crippen LogP contribution is 2.41. The van der Waals surface area contributed by atoms with Crippen LogP contribution in [-0.4, -0.2) is 6.54 Å². The highest BCUT2D eigenvalue weighted by molar-refractivity contribution is 9.10. The Labute approximate surface area is 111 Å². The van der Waals surface area contributed by atoms with Crippen LogP contribution >= 0.6 is 15.9 Å². The van der Waals surface area contributed by atoms with E-state index in [9.17, 15) is 4.39 Å². The maximum atomic E-state index is 14.3. The summed E-state index contributed by atoms with van der Waals surface area (Å²) in [6.45, 7) is 2.54. The minimum absolute atomic E-state index is 0.122. The van der Waals surface area contributed by atoms with Crippen LogP contribution in [0.3, 0.4) is 0 Å². The number of hydrogen-bond acceptors (Lipinski definition) is 1. The van der Waals surface area contributed by atoms with Gasteiger partial charge in [-0.2, -0.15) is 0 Å². The molecule has 94 valence electrons. The number of aryl methyl sites for hydroxylation is 1. The summed E-state index contributed by atoms with van der Waals surface area (Å²) in [4.78, 5) is 0. The third-order valence-corrected chi connectivity index (χ3v) is 4.52. The Balaban J connectivity index is 2.49. The maximum Gasteiger partial charge on any atom is 0.141 e. The van der Waals surface area contributed by atoms with Gasteiger partial charge in [0.2, 0.25) is 0 Å². The Kier molecular flexibility index (Phi) is 3.88. The molecule has 17 heavy (non-hydrogen) atoms. The van der Waals surface area contributed by atoms with Gasteiger partial charge in [0.1, 0.15) is 5.82 Å². The van der Waals surface area contributed by atoms with E-state index in [0.29, 0.717) is 11.0 Å². The van der Waals surface area contributed by atoms with Gasteiger partial charge in [0, 0.05) is 12.0 Å². The highest BCUT2D eigenvalue weighted by atomic mass is 79.9. The molecule has 0 aliphatic heterocycles. The molecule has 0 aromatic heterocycles. The van der Waals surface area contributed by atoms with Crippen LogP contribution in [0.25, 0.3) is 0 Å². The topological polar surface area (TPSA) is 26.0 Å². The lowest BCUT2D eigenvalue weighted by Gasteiger charge is -2.37. The van der Waals surface area contributed by atoms with Gasteiger partial charge in [-0.15, -0.1) is 0 Å². The van der Waals surface area contributed by atoms with E-state index >= 15 is 0 Å². The lowest BCUT2D eigenvalue weighted by atomic mass is 9.69. The van der Waals surface area contributed by atoms with Crippen molar-refractivity contribution in [3.05, 3.63) is 33.5 Å². The standard InChI is InChI=1S/C14H19BrFN/c1-10-7-11(13(16)12(15)8-10)14(9-17)5-3-2-4-6-14/h7-8H,2-6,9,17H2,1H3. The predicted octanol–water partition coefficient (Wildman–Crippen LogP) is 4.06. The first-order valence-electron chi connectivity index (χ1n) is 6.25. The molecule has 2 N–H and O–H groups in total. The van der Waals surface area contributed by atoms with Gasteiger partial charge in [-0.3, -0.25) is 0 Å². The fraction of sp³-hybridized carbons (Fsp3) is 0.571. The molecule has 1 aliphatic rings. The molecular weight excluding hydrogens is 281 g/mol. The lowest BCUT2D eigenvalue weighted by Crippen LogP contribution is -2.38. The number of hydrogen-bond donors (Lipinski definition) is 1. The van der Waals surface area contributed by atoms with E-state index in [1.165, 1.54) is 6.42 Å². The first-order valence-corrected chi connectivity index (χ1v) is 7.04. The molecule has 1 saturated carbocycles. The van der Waals surface area contributed by atoms with Gasteiger partial charge in [0.05, 0.1) is 4.47 Å². The molecule has 1 aromatic carbocycles. The van der Waals surface area contributed by atoms with Crippen LogP contribution in [0.2, 0.25) is 0 Å². The Morgan fingerprint density at radius 3 is 2.53 bits per heavy atom. The Morgan fingerprint density at radius 2 is 1.94 bits per heavy atom. The van der Waals surface area contributed by atoms with Crippen LogP contribution in [0, 0.1) is 12.7 Å². The first kappa shape index (κ1) is 13.0. The predicted molar refractivity (Wildman–Crippen MR) is 72.7 cm³/mol. The van der Waals surface area contributed by atoms with Gasteiger partial charge in [-0.05, 0) is 52.9 Å². The summed E-state index contributed by atoms with van der Waals surface area (Å²) in [5.74, 6) is -0.122. The molecule has 3 heteroatoms. The van der Waals surface area contributed by atoms with Gasteiger partial charge in [-0.1, -0.05) is 25.3 Å². The molecule has 1 aromatic rings. The van der Waals surface area contributed by atoms with Crippen molar-refractivity contribution in [2.45, 2.75) is 44.4 Å². The van der Waals surface area contributed by atoms with E-state index in [1.807, 2.05) is 19.1 Å². The van der Waals surface area contributed by atoms with E-state index in [1.54, 1.807) is 0 Å². The van der Waals surface area contributed by atoms with E-state index in [0.717, 1.165) is 36.8 Å². The summed E-state index contributed by atoms with van der Waals surface area (Å²) in [6, 6.07) is 3.80. The van der Waals surface area contributed by atoms with E-state index in [2.05, 4.69) is 15.9 Å². The van der Waals surface area contributed by atoms with Gasteiger partial charge in [-0.25, -0.2) is 4.39 Å². The van der Waals surface area contributed by atoms with Crippen LogP contribution in [-0.2, 0) is 5.41 Å². The third-order valence-electron chi connectivity index (χ3n) is 3.95. The van der Waals surface area contributed by atoms with Crippen molar-refractivity contribution in [1.82, 2.24) is 0 Å². The minimum Gasteiger partial charge on any atom is -0.330 e. The number of nitrogens with two attached hydrogens (primary N) is 1. The molecule has 0 atom stereocenters. The molecule has 0 heterocycles. The van der Waals surface area contributed by atoms with Gasteiger partial charge < -0.3 is 5.73 Å². The Hall–Kier alpha value is -0.410. The SMILES string of the molecule is Cc1cc(Br)c(F)c(C2(CN)CCCCC2)c1. The average Bonchev–Trinajstić information content (AvgIpc) is 2.34. The normalized spacial score (nSPS) is 19.3. The van der Waals surface area contributed by atoms with Crippen LogP contribution in [0.5, 0.6) is 0 Å². The number of benzene rings is 1. The fourth-order valence-electron chi connectivity index (χ4n) is 2.92. The van der Waals surface area contributed by atoms with E-state index in [-0.39, 0.29) is 11.2 Å². The van der Waals surface area contributed by atoms with Crippen molar-refractivity contribution in [2.75, 3.05) is 6.54 Å². The largest absolute Gasteiger partial charge is 0.330 e. The molecular formula is C14H19BrFN. The molecule has 0 spiro atoms. The summed E-state index contributed by atoms with van der Waals surface area (Å²) in [5.41, 5.74) is 7.72. The minimum atomic E-state index is -0.142. The molecule has 0 amide bonds. The highest BCUT2D eigenvalue weighted by Gasteiger charge is 2.35. The second-order valence-corrected chi connectivity index (χ2v) is 6.01. The maximum absolute atomic E-state index is 14.3. The molecule has 1 aliphatic carbocycles. The molecule has 0 unspecified atom stereocenters. The van der Waals surface area contributed by atoms with Crippen LogP contribution < -0.4 is 5.73 Å². The average molecular weight is 300 g/mol. The quantitative estimate of drug-likeness (QED) is 0.876. The first-order chi connectivity index (χ1) is 8.09. The molecule has 0 bridgehead atoms. The zero-order valence-electron chi connectivity index (χ0n) is 10.2. The second kappa shape index (κ2) is 5.07. The van der Waals surface area contributed by atoms with Gasteiger partial charge in [0.15, 0.2) is 0 Å². The Bertz CT molecular complexity index is 411. The zero-order valence-corrected chi connectivity index (χ0v) is 11.8. The van der Waals surface area contributed by atoms with Crippen molar-refractivity contribution in [3.63, 3.8) is 0 Å². The molecule has 0 saturated heterocycles. The summed E-state index contributed by atoms with van der Waals surface area (Å²) < 4.78 is 14.9. The van der Waals surface area contributed by atoms with E-state index < -0.39 is 0 Å². The van der Waals surface area contributed by atoms with Crippen molar-refractivity contribution in [1.29, 1.82) is 0 Å². The molecule has 1 nitrogen and oxygen atoms in total. The number of rotatable bonds is 2. The summed E-state index contributed by atoms with van der Waals surface area (Å²) >= 11 is 3.30. The van der Waals surface area contributed by atoms with Gasteiger partial charge in [0.25, 0.3) is 0 Å². The van der Waals surface area contributed by atoms with E-state index in [4.69, 9.17) is 5.73 Å². The smallest absolute Gasteiger partial charge is 0.141 e. The fourth-order valence-corrected chi connectivity index (χ4v) is 3.50. The van der Waals surface area contributed by atoms with Gasteiger partial charge >= 0.3 is 0 Å². The summed E-state index contributed by atoms with van der Waals surface area (Å²) in [7, 11) is 0. The van der Waals surface area contributed by atoms with Crippen LogP contribution in [0.4, 0.5) is 4.39 Å². The molecule has 0 radical (unpaired) electrons. The molecule has 2 rings (SSSR count).